The van der Waals surface area contributed by atoms with Gasteiger partial charge >= 0.3 is 6.18 Å². The Morgan fingerprint density at radius 3 is 2.90 bits per heavy atom. The van der Waals surface area contributed by atoms with Gasteiger partial charge in [0.25, 0.3) is 0 Å². The highest BCUT2D eigenvalue weighted by Crippen LogP contribution is 2.35. The molecule has 3 heterocycles. The van der Waals surface area contributed by atoms with E-state index in [0.717, 1.165) is 47.1 Å². The van der Waals surface area contributed by atoms with E-state index in [4.69, 9.17) is 11.6 Å². The fourth-order valence-electron chi connectivity index (χ4n) is 3.55. The average molecular weight is 440 g/mol. The molecule has 0 saturated carbocycles. The summed E-state index contributed by atoms with van der Waals surface area (Å²) in [5.74, 6) is 0.122. The Kier molecular flexibility index (Phi) is 5.40. The molecule has 1 unspecified atom stereocenters. The van der Waals surface area contributed by atoms with Gasteiger partial charge in [0.2, 0.25) is 5.91 Å². The van der Waals surface area contributed by atoms with Gasteiger partial charge in [0.05, 0.1) is 22.2 Å². The number of anilines is 2. The van der Waals surface area contributed by atoms with E-state index in [1.807, 2.05) is 17.5 Å². The Labute approximate surface area is 174 Å². The molecule has 1 saturated heterocycles. The van der Waals surface area contributed by atoms with Crippen molar-refractivity contribution in [2.45, 2.75) is 19.0 Å². The second-order valence-corrected chi connectivity index (χ2v) is 8.29. The van der Waals surface area contributed by atoms with Crippen molar-refractivity contribution in [2.75, 3.05) is 23.3 Å². The predicted molar refractivity (Wildman–Crippen MR) is 110 cm³/mol. The molecule has 1 atom stereocenters. The monoisotopic (exact) mass is 439 g/mol. The summed E-state index contributed by atoms with van der Waals surface area (Å²) in [6.07, 6.45) is -1.31. The number of nitrogens with one attached hydrogen (secondary N) is 1. The van der Waals surface area contributed by atoms with E-state index in [2.05, 4.69) is 15.2 Å². The second kappa shape index (κ2) is 7.84. The van der Waals surface area contributed by atoms with Crippen molar-refractivity contribution in [3.63, 3.8) is 0 Å². The highest BCUT2D eigenvalue weighted by Gasteiger charge is 2.32. The summed E-state index contributed by atoms with van der Waals surface area (Å²) < 4.78 is 40.0. The molecule has 0 radical (unpaired) electrons. The molecule has 29 heavy (non-hydrogen) atoms. The molecule has 1 fully saturated rings. The number of benzene rings is 1. The lowest BCUT2D eigenvalue weighted by atomic mass is 9.96. The Morgan fingerprint density at radius 1 is 1.28 bits per heavy atom. The van der Waals surface area contributed by atoms with Crippen molar-refractivity contribution < 1.29 is 18.0 Å². The van der Waals surface area contributed by atoms with Crippen LogP contribution in [0.25, 0.3) is 10.1 Å². The number of halogens is 4. The first kappa shape index (κ1) is 20.0. The number of fused-ring (bicyclic) bond motifs is 1. The molecule has 1 amide bonds. The fraction of sp³-hybridized carbons (Fsp3) is 0.300. The number of hydrogen-bond acceptors (Lipinski definition) is 4. The first-order valence-electron chi connectivity index (χ1n) is 9.07. The van der Waals surface area contributed by atoms with Crippen LogP contribution in [-0.4, -0.2) is 24.0 Å². The highest BCUT2D eigenvalue weighted by molar-refractivity contribution is 7.17. The third-order valence-electron chi connectivity index (χ3n) is 5.00. The molecule has 0 bridgehead atoms. The van der Waals surface area contributed by atoms with Crippen LogP contribution in [0.3, 0.4) is 0 Å². The number of thiophene rings is 1. The Hall–Kier alpha value is -2.32. The van der Waals surface area contributed by atoms with Crippen molar-refractivity contribution in [3.05, 3.63) is 52.5 Å². The summed E-state index contributed by atoms with van der Waals surface area (Å²) in [5.41, 5.74) is -0.877. The number of hydrogen-bond donors (Lipinski definition) is 1. The van der Waals surface area contributed by atoms with Gasteiger partial charge in [-0.1, -0.05) is 11.6 Å². The van der Waals surface area contributed by atoms with E-state index < -0.39 is 11.7 Å². The lowest BCUT2D eigenvalue weighted by molar-refractivity contribution is -0.137. The summed E-state index contributed by atoms with van der Waals surface area (Å²) in [5, 5.41) is 5.69. The maximum Gasteiger partial charge on any atom is 0.416 e. The normalized spacial score (nSPS) is 17.5. The van der Waals surface area contributed by atoms with Crippen LogP contribution in [0.2, 0.25) is 5.02 Å². The first-order valence-corrected chi connectivity index (χ1v) is 10.3. The van der Waals surface area contributed by atoms with Crippen molar-refractivity contribution >= 4 is 50.4 Å². The molecular weight excluding hydrogens is 423 g/mol. The zero-order valence-corrected chi connectivity index (χ0v) is 16.7. The number of nitrogens with zero attached hydrogens (tertiary/aromatic N) is 2. The Morgan fingerprint density at radius 2 is 2.10 bits per heavy atom. The van der Waals surface area contributed by atoms with Gasteiger partial charge in [0.1, 0.15) is 5.82 Å². The molecular formula is C20H17ClF3N3OS. The summed E-state index contributed by atoms with van der Waals surface area (Å²) >= 11 is 7.63. The number of aromatic nitrogens is 1. The Bertz CT molecular complexity index is 1050. The molecule has 0 spiro atoms. The maximum atomic E-state index is 13.0. The molecule has 1 aliphatic heterocycles. The largest absolute Gasteiger partial charge is 0.416 e. The average Bonchev–Trinajstić information content (AvgIpc) is 3.17. The van der Waals surface area contributed by atoms with E-state index in [0.29, 0.717) is 13.0 Å². The number of carbonyl (C=O) groups is 1. The van der Waals surface area contributed by atoms with Gasteiger partial charge in [-0.3, -0.25) is 4.79 Å². The maximum absolute atomic E-state index is 13.0. The smallest absolute Gasteiger partial charge is 0.355 e. The van der Waals surface area contributed by atoms with Gasteiger partial charge in [-0.25, -0.2) is 4.98 Å². The molecule has 4 nitrogen and oxygen atoms in total. The highest BCUT2D eigenvalue weighted by atomic mass is 35.5. The summed E-state index contributed by atoms with van der Waals surface area (Å²) in [6, 6.07) is 6.87. The van der Waals surface area contributed by atoms with E-state index in [9.17, 15) is 18.0 Å². The summed E-state index contributed by atoms with van der Waals surface area (Å²) in [6.45, 7) is 1.22. The molecule has 2 aromatic heterocycles. The van der Waals surface area contributed by atoms with Gasteiger partial charge in [-0.15, -0.1) is 11.3 Å². The van der Waals surface area contributed by atoms with Crippen LogP contribution < -0.4 is 10.2 Å². The van der Waals surface area contributed by atoms with Crippen LogP contribution in [0, 0.1) is 5.92 Å². The topological polar surface area (TPSA) is 45.2 Å². The quantitative estimate of drug-likeness (QED) is 0.559. The van der Waals surface area contributed by atoms with Gasteiger partial charge in [0, 0.05) is 29.4 Å². The first-order chi connectivity index (χ1) is 13.8. The fourth-order valence-corrected chi connectivity index (χ4v) is 4.49. The van der Waals surface area contributed by atoms with Crippen LogP contribution in [0.4, 0.5) is 24.7 Å². The summed E-state index contributed by atoms with van der Waals surface area (Å²) in [4.78, 5) is 19.3. The van der Waals surface area contributed by atoms with Crippen molar-refractivity contribution in [2.24, 2.45) is 5.92 Å². The van der Waals surface area contributed by atoms with Crippen LogP contribution in [0.5, 0.6) is 0 Å². The SMILES string of the molecule is O=C(Nc1cc(C(F)(F)F)ccc1Cl)C1CCCN(c2nccc3sccc23)C1. The minimum Gasteiger partial charge on any atom is -0.355 e. The number of amides is 1. The van der Waals surface area contributed by atoms with E-state index >= 15 is 0 Å². The molecule has 152 valence electrons. The van der Waals surface area contributed by atoms with Gasteiger partial charge < -0.3 is 10.2 Å². The van der Waals surface area contributed by atoms with Crippen LogP contribution in [-0.2, 0) is 11.0 Å². The molecule has 9 heteroatoms. The number of pyridine rings is 1. The lowest BCUT2D eigenvalue weighted by Crippen LogP contribution is -2.41. The minimum absolute atomic E-state index is 0.0262. The molecule has 1 aliphatic rings. The summed E-state index contributed by atoms with van der Waals surface area (Å²) in [7, 11) is 0. The number of piperidine rings is 1. The van der Waals surface area contributed by atoms with Gasteiger partial charge in [-0.2, -0.15) is 13.2 Å². The molecule has 3 aromatic rings. The van der Waals surface area contributed by atoms with Crippen LogP contribution in [0.15, 0.2) is 41.9 Å². The number of carbonyl (C=O) groups excluding carboxylic acids is 1. The van der Waals surface area contributed by atoms with Crippen LogP contribution >= 0.6 is 22.9 Å². The Balaban J connectivity index is 1.52. The van der Waals surface area contributed by atoms with E-state index in [-0.39, 0.29) is 22.5 Å². The zero-order chi connectivity index (χ0) is 20.6. The van der Waals surface area contributed by atoms with Crippen molar-refractivity contribution in [1.29, 1.82) is 0 Å². The second-order valence-electron chi connectivity index (χ2n) is 6.93. The molecule has 0 aliphatic carbocycles. The van der Waals surface area contributed by atoms with Gasteiger partial charge in [0.15, 0.2) is 0 Å². The van der Waals surface area contributed by atoms with Crippen molar-refractivity contribution in [3.8, 4) is 0 Å². The molecule has 1 N–H and O–H groups in total. The van der Waals surface area contributed by atoms with Crippen molar-refractivity contribution in [1.82, 2.24) is 4.98 Å². The predicted octanol–water partition coefficient (Wildman–Crippen LogP) is 5.82. The molecule has 1 aromatic carbocycles. The minimum atomic E-state index is -4.50. The van der Waals surface area contributed by atoms with Crippen LogP contribution in [0.1, 0.15) is 18.4 Å². The number of alkyl halides is 3. The standard InChI is InChI=1S/C20H17ClF3N3OS/c21-15-4-3-13(20(22,23)24)10-16(15)26-19(28)12-2-1-8-27(11-12)18-14-6-9-29-17(14)5-7-25-18/h3-7,9-10,12H,1-2,8,11H2,(H,26,28). The lowest BCUT2D eigenvalue weighted by Gasteiger charge is -2.33. The third-order valence-corrected chi connectivity index (χ3v) is 6.21. The van der Waals surface area contributed by atoms with E-state index in [1.165, 1.54) is 0 Å². The van der Waals surface area contributed by atoms with E-state index in [1.54, 1.807) is 17.5 Å². The third kappa shape index (κ3) is 4.18. The zero-order valence-electron chi connectivity index (χ0n) is 15.2. The van der Waals surface area contributed by atoms with Gasteiger partial charge in [-0.05, 0) is 48.6 Å². The molecule has 4 rings (SSSR count). The number of rotatable bonds is 3.